The average molecular weight is 589 g/mol. The largest absolute Gasteiger partial charge is 0.466 e. The van der Waals surface area contributed by atoms with E-state index in [9.17, 15) is 4.79 Å². The molecule has 0 bridgehead atoms. The van der Waals surface area contributed by atoms with Crippen molar-refractivity contribution in [2.24, 2.45) is 0 Å². The van der Waals surface area contributed by atoms with Crippen LogP contribution in [0.25, 0.3) is 0 Å². The molecule has 42 heavy (non-hydrogen) atoms. The fourth-order valence-corrected chi connectivity index (χ4v) is 5.65. The maximum atomic E-state index is 11.9. The number of carbonyl (C=O) groups excluding carboxylic acids is 1. The van der Waals surface area contributed by atoms with Gasteiger partial charge in [0.15, 0.2) is 0 Å². The second-order valence-electron chi connectivity index (χ2n) is 12.9. The summed E-state index contributed by atoms with van der Waals surface area (Å²) in [6.07, 6.45) is 51.1. The van der Waals surface area contributed by atoms with Crippen LogP contribution in [-0.2, 0) is 9.53 Å². The van der Waals surface area contributed by atoms with Crippen molar-refractivity contribution in [1.82, 2.24) is 0 Å². The Morgan fingerprint density at radius 1 is 0.381 bits per heavy atom. The second-order valence-corrected chi connectivity index (χ2v) is 12.9. The van der Waals surface area contributed by atoms with Gasteiger partial charge in [-0.05, 0) is 64.2 Å². The third-order valence-electron chi connectivity index (χ3n) is 8.56. The summed E-state index contributed by atoms with van der Waals surface area (Å²) in [6.45, 7) is 5.19. The van der Waals surface area contributed by atoms with Crippen molar-refractivity contribution in [3.63, 3.8) is 0 Å². The monoisotopic (exact) mass is 589 g/mol. The third kappa shape index (κ3) is 37.0. The molecule has 0 fully saturated rings. The Kier molecular flexibility index (Phi) is 37.0. The van der Waals surface area contributed by atoms with Crippen LogP contribution >= 0.6 is 0 Å². The van der Waals surface area contributed by atoms with Crippen LogP contribution in [0.3, 0.4) is 0 Å². The third-order valence-corrected chi connectivity index (χ3v) is 8.56. The van der Waals surface area contributed by atoms with Crippen LogP contribution in [0.1, 0.15) is 219 Å². The van der Waals surface area contributed by atoms with Gasteiger partial charge < -0.3 is 4.74 Å². The normalized spacial score (nSPS) is 11.8. The number of ether oxygens (including phenoxy) is 1. The molecule has 248 valence electrons. The van der Waals surface area contributed by atoms with Crippen LogP contribution in [-0.4, -0.2) is 12.6 Å². The van der Waals surface area contributed by atoms with Gasteiger partial charge in [-0.15, -0.1) is 0 Å². The first kappa shape index (κ1) is 41.0. The SMILES string of the molecule is CCCCCCCCC=CCCCCCCCCCCCCOC(=O)CCCCCCC/C=C\CCCCCCCC. The first-order valence-corrected chi connectivity index (χ1v) is 19.3. The molecular formula is C40H76O2. The summed E-state index contributed by atoms with van der Waals surface area (Å²) in [5.41, 5.74) is 0. The van der Waals surface area contributed by atoms with Gasteiger partial charge in [-0.25, -0.2) is 0 Å². The second kappa shape index (κ2) is 38.0. The van der Waals surface area contributed by atoms with Crippen LogP contribution in [0, 0.1) is 0 Å². The molecule has 0 rings (SSSR count). The van der Waals surface area contributed by atoms with Crippen molar-refractivity contribution >= 4 is 5.97 Å². The molecule has 0 heterocycles. The minimum atomic E-state index is 0.0147. The molecule has 0 aliphatic carbocycles. The smallest absolute Gasteiger partial charge is 0.305 e. The Morgan fingerprint density at radius 3 is 1.02 bits per heavy atom. The van der Waals surface area contributed by atoms with E-state index in [0.29, 0.717) is 13.0 Å². The Hall–Kier alpha value is -1.05. The molecule has 0 unspecified atom stereocenters. The molecule has 0 aliphatic rings. The number of hydrogen-bond donors (Lipinski definition) is 0. The molecule has 0 atom stereocenters. The Balaban J connectivity index is 3.21. The zero-order valence-electron chi connectivity index (χ0n) is 29.0. The van der Waals surface area contributed by atoms with Gasteiger partial charge in [0.2, 0.25) is 0 Å². The van der Waals surface area contributed by atoms with Crippen molar-refractivity contribution in [3.8, 4) is 0 Å². The summed E-state index contributed by atoms with van der Waals surface area (Å²) in [7, 11) is 0. The zero-order chi connectivity index (χ0) is 30.4. The van der Waals surface area contributed by atoms with E-state index in [-0.39, 0.29) is 5.97 Å². The fraction of sp³-hybridized carbons (Fsp3) is 0.875. The molecule has 2 nitrogen and oxygen atoms in total. The highest BCUT2D eigenvalue weighted by Gasteiger charge is 2.02. The first-order chi connectivity index (χ1) is 20.8. The van der Waals surface area contributed by atoms with Crippen LogP contribution < -0.4 is 0 Å². The summed E-state index contributed by atoms with van der Waals surface area (Å²) < 4.78 is 5.45. The van der Waals surface area contributed by atoms with E-state index in [0.717, 1.165) is 19.3 Å². The number of hydrogen-bond acceptors (Lipinski definition) is 2. The number of esters is 1. The van der Waals surface area contributed by atoms with Crippen molar-refractivity contribution in [2.45, 2.75) is 219 Å². The molecule has 2 heteroatoms. The Morgan fingerprint density at radius 2 is 0.667 bits per heavy atom. The molecule has 0 aromatic heterocycles. The van der Waals surface area contributed by atoms with Gasteiger partial charge in [-0.2, -0.15) is 0 Å². The van der Waals surface area contributed by atoms with Gasteiger partial charge >= 0.3 is 5.97 Å². The highest BCUT2D eigenvalue weighted by molar-refractivity contribution is 5.69. The fourth-order valence-electron chi connectivity index (χ4n) is 5.65. The predicted molar refractivity (Wildman–Crippen MR) is 188 cm³/mol. The maximum Gasteiger partial charge on any atom is 0.305 e. The predicted octanol–water partition coefficient (Wildman–Crippen LogP) is 14.2. The maximum absolute atomic E-state index is 11.9. The van der Waals surface area contributed by atoms with Crippen LogP contribution in [0.15, 0.2) is 24.3 Å². The highest BCUT2D eigenvalue weighted by atomic mass is 16.5. The van der Waals surface area contributed by atoms with Gasteiger partial charge in [-0.1, -0.05) is 173 Å². The zero-order valence-corrected chi connectivity index (χ0v) is 29.0. The van der Waals surface area contributed by atoms with E-state index in [1.54, 1.807) is 0 Å². The van der Waals surface area contributed by atoms with Crippen molar-refractivity contribution in [3.05, 3.63) is 24.3 Å². The van der Waals surface area contributed by atoms with E-state index >= 15 is 0 Å². The van der Waals surface area contributed by atoms with Gasteiger partial charge in [0.05, 0.1) is 6.61 Å². The molecule has 0 saturated heterocycles. The highest BCUT2D eigenvalue weighted by Crippen LogP contribution is 2.13. The van der Waals surface area contributed by atoms with Gasteiger partial charge in [0.1, 0.15) is 0 Å². The van der Waals surface area contributed by atoms with Crippen LogP contribution in [0.2, 0.25) is 0 Å². The van der Waals surface area contributed by atoms with Crippen LogP contribution in [0.5, 0.6) is 0 Å². The average Bonchev–Trinajstić information content (AvgIpc) is 3.00. The molecular weight excluding hydrogens is 512 g/mol. The van der Waals surface area contributed by atoms with Gasteiger partial charge in [-0.3, -0.25) is 4.79 Å². The Bertz CT molecular complexity index is 564. The molecule has 0 aromatic carbocycles. The van der Waals surface area contributed by atoms with Gasteiger partial charge in [0.25, 0.3) is 0 Å². The van der Waals surface area contributed by atoms with E-state index in [1.807, 2.05) is 0 Å². The number of carbonyl (C=O) groups is 1. The molecule has 0 spiro atoms. The van der Waals surface area contributed by atoms with E-state index in [2.05, 4.69) is 38.2 Å². The number of rotatable bonds is 35. The lowest BCUT2D eigenvalue weighted by molar-refractivity contribution is -0.143. The first-order valence-electron chi connectivity index (χ1n) is 19.3. The molecule has 0 aromatic rings. The minimum absolute atomic E-state index is 0.0147. The van der Waals surface area contributed by atoms with E-state index in [1.165, 1.54) is 180 Å². The van der Waals surface area contributed by atoms with Crippen LogP contribution in [0.4, 0.5) is 0 Å². The lowest BCUT2D eigenvalue weighted by Gasteiger charge is -2.05. The molecule has 0 saturated carbocycles. The summed E-state index contributed by atoms with van der Waals surface area (Å²) in [5, 5.41) is 0. The number of unbranched alkanes of at least 4 members (excludes halogenated alkanes) is 27. The molecule has 0 aliphatic heterocycles. The molecule has 0 amide bonds. The summed E-state index contributed by atoms with van der Waals surface area (Å²) in [5.74, 6) is 0.0147. The summed E-state index contributed by atoms with van der Waals surface area (Å²) >= 11 is 0. The summed E-state index contributed by atoms with van der Waals surface area (Å²) in [6, 6.07) is 0. The summed E-state index contributed by atoms with van der Waals surface area (Å²) in [4.78, 5) is 11.9. The Labute approximate surface area is 265 Å². The molecule has 0 radical (unpaired) electrons. The lowest BCUT2D eigenvalue weighted by atomic mass is 10.1. The van der Waals surface area contributed by atoms with Crippen molar-refractivity contribution in [2.75, 3.05) is 6.61 Å². The quantitative estimate of drug-likeness (QED) is 0.0418. The molecule has 0 N–H and O–H groups in total. The van der Waals surface area contributed by atoms with E-state index in [4.69, 9.17) is 4.74 Å². The lowest BCUT2D eigenvalue weighted by Crippen LogP contribution is -2.05. The van der Waals surface area contributed by atoms with Crippen molar-refractivity contribution < 1.29 is 9.53 Å². The standard InChI is InChI=1S/C40H76O2/c1-3-5-7-9-11-13-15-17-19-20-21-22-23-25-27-29-31-33-35-37-39-42-40(41)38-36-34-32-30-28-26-24-18-16-14-12-10-8-6-4-2/h17-19,24H,3-16,20-23,25-39H2,1-2H3/b19-17?,24-18-. The van der Waals surface area contributed by atoms with Crippen molar-refractivity contribution in [1.29, 1.82) is 0 Å². The topological polar surface area (TPSA) is 26.3 Å². The van der Waals surface area contributed by atoms with Gasteiger partial charge in [0, 0.05) is 6.42 Å². The van der Waals surface area contributed by atoms with E-state index < -0.39 is 0 Å². The number of allylic oxidation sites excluding steroid dienone is 4. The minimum Gasteiger partial charge on any atom is -0.466 e.